The lowest BCUT2D eigenvalue weighted by Gasteiger charge is -2.10. The zero-order chi connectivity index (χ0) is 23.8. The lowest BCUT2D eigenvalue weighted by Crippen LogP contribution is -2.33. The maximum absolute atomic E-state index is 12.9. The third kappa shape index (κ3) is 4.81. The minimum Gasteiger partial charge on any atom is -0.388 e. The molecule has 0 saturated carbocycles. The van der Waals surface area contributed by atoms with Crippen molar-refractivity contribution in [1.29, 1.82) is 0 Å². The van der Waals surface area contributed by atoms with Gasteiger partial charge in [0.05, 0.1) is 14.9 Å². The monoisotopic (exact) mass is 523 g/mol. The van der Waals surface area contributed by atoms with Crippen molar-refractivity contribution >= 4 is 72.9 Å². The molecular formula is C20H15Cl2N5O4S2. The molecule has 0 aliphatic rings. The molecule has 13 heteroatoms. The minimum absolute atomic E-state index is 0.0977. The van der Waals surface area contributed by atoms with E-state index in [-0.39, 0.29) is 30.4 Å². The number of hydrogen-bond acceptors (Lipinski definition) is 7. The summed E-state index contributed by atoms with van der Waals surface area (Å²) in [7, 11) is -2.30. The van der Waals surface area contributed by atoms with Gasteiger partial charge in [-0.05, 0) is 48.5 Å². The summed E-state index contributed by atoms with van der Waals surface area (Å²) >= 11 is 12.9. The molecule has 0 fully saturated rings. The van der Waals surface area contributed by atoms with Crippen molar-refractivity contribution in [3.05, 3.63) is 68.1 Å². The van der Waals surface area contributed by atoms with E-state index in [2.05, 4.69) is 20.8 Å². The Hall–Kier alpha value is -3.12. The van der Waals surface area contributed by atoms with Crippen LogP contribution in [0.5, 0.6) is 0 Å². The molecule has 0 atom stereocenters. The summed E-state index contributed by atoms with van der Waals surface area (Å²) in [4.78, 5) is 25.1. The van der Waals surface area contributed by atoms with E-state index in [0.29, 0.717) is 16.5 Å². The van der Waals surface area contributed by atoms with Crippen molar-refractivity contribution in [3.8, 4) is 11.3 Å². The molecule has 4 rings (SSSR count). The number of fused-ring (bicyclic) bond motifs is 1. The number of anilines is 2. The average Bonchev–Trinajstić information content (AvgIpc) is 3.21. The zero-order valence-corrected chi connectivity index (χ0v) is 19.9. The number of aromatic amines is 1. The molecule has 0 radical (unpaired) electrons. The molecule has 0 spiro atoms. The Morgan fingerprint density at radius 2 is 1.82 bits per heavy atom. The Labute approximate surface area is 201 Å². The Kier molecular flexibility index (Phi) is 6.30. The number of benzene rings is 2. The summed E-state index contributed by atoms with van der Waals surface area (Å²) in [5, 5.41) is 13.0. The number of sulfonamides is 1. The summed E-state index contributed by atoms with van der Waals surface area (Å²) in [5.41, 5.74) is 1.75. The number of nitrogens with zero attached hydrogens (tertiary/aromatic N) is 1. The Bertz CT molecular complexity index is 1550. The van der Waals surface area contributed by atoms with Gasteiger partial charge in [0, 0.05) is 29.4 Å². The molecule has 0 aliphatic carbocycles. The van der Waals surface area contributed by atoms with Crippen LogP contribution >= 0.6 is 34.5 Å². The lowest BCUT2D eigenvalue weighted by molar-refractivity contribution is 0.256. The number of rotatable bonds is 5. The van der Waals surface area contributed by atoms with Crippen LogP contribution in [-0.2, 0) is 10.0 Å². The van der Waals surface area contributed by atoms with E-state index in [1.165, 1.54) is 30.3 Å². The summed E-state index contributed by atoms with van der Waals surface area (Å²) in [5.74, 6) is 0. The normalized spacial score (nSPS) is 11.4. The van der Waals surface area contributed by atoms with Crippen LogP contribution in [0.25, 0.3) is 22.2 Å². The summed E-state index contributed by atoms with van der Waals surface area (Å²) in [6.45, 7) is 0. The van der Waals surface area contributed by atoms with Crippen molar-refractivity contribution in [1.82, 2.24) is 14.9 Å². The number of aromatic nitrogens is 2. The second kappa shape index (κ2) is 9.02. The predicted octanol–water partition coefficient (Wildman–Crippen LogP) is 4.51. The lowest BCUT2D eigenvalue weighted by atomic mass is 10.1. The number of carbonyl (C=O) groups excluding carboxylic acids is 1. The van der Waals surface area contributed by atoms with Crippen molar-refractivity contribution in [3.63, 3.8) is 0 Å². The van der Waals surface area contributed by atoms with E-state index in [9.17, 15) is 18.0 Å². The number of urea groups is 1. The van der Waals surface area contributed by atoms with Gasteiger partial charge >= 0.3 is 6.03 Å². The van der Waals surface area contributed by atoms with Gasteiger partial charge in [-0.1, -0.05) is 23.2 Å². The third-order valence-corrected chi connectivity index (χ3v) is 7.95. The van der Waals surface area contributed by atoms with Crippen molar-refractivity contribution in [2.24, 2.45) is 0 Å². The quantitative estimate of drug-likeness (QED) is 0.304. The second-order valence-electron chi connectivity index (χ2n) is 6.72. The summed E-state index contributed by atoms with van der Waals surface area (Å²) < 4.78 is 26.6. The van der Waals surface area contributed by atoms with Gasteiger partial charge in [-0.3, -0.25) is 9.89 Å². The van der Waals surface area contributed by atoms with E-state index in [4.69, 9.17) is 23.2 Å². The molecule has 0 aliphatic heterocycles. The largest absolute Gasteiger partial charge is 0.388 e. The fraction of sp³-hybridized carbons (Fsp3) is 0.0500. The van der Waals surface area contributed by atoms with Crippen LogP contribution in [0.15, 0.2) is 57.5 Å². The first-order valence-corrected chi connectivity index (χ1v) is 12.3. The fourth-order valence-electron chi connectivity index (χ4n) is 3.02. The van der Waals surface area contributed by atoms with Gasteiger partial charge in [-0.2, -0.15) is 5.10 Å². The fourth-order valence-corrected chi connectivity index (χ4v) is 5.68. The molecule has 2 heterocycles. The standard InChI is InChI=1S/C20H15Cl2N5O4S2/c1-23-10-2-5-13-15(9-10)25-26-18(19(13)28)12-4-3-11(8-14(12)21)24-20(29)27-33(30,31)17-7-6-16(22)32-17/h2-9,23H,1H3,(H,25,28)(H2,24,27,29). The Balaban J connectivity index is 1.57. The number of carbonyl (C=O) groups is 1. The number of thiophene rings is 1. The van der Waals surface area contributed by atoms with Crippen LogP contribution < -0.4 is 20.8 Å². The molecule has 33 heavy (non-hydrogen) atoms. The highest BCUT2D eigenvalue weighted by atomic mass is 35.5. The van der Waals surface area contributed by atoms with Gasteiger partial charge in [0.1, 0.15) is 9.90 Å². The molecule has 2 aromatic heterocycles. The molecule has 2 aromatic carbocycles. The molecule has 2 amide bonds. The van der Waals surface area contributed by atoms with Crippen molar-refractivity contribution < 1.29 is 13.2 Å². The average molecular weight is 524 g/mol. The van der Waals surface area contributed by atoms with Crippen LogP contribution in [0.1, 0.15) is 0 Å². The van der Waals surface area contributed by atoms with E-state index in [0.717, 1.165) is 17.0 Å². The summed E-state index contributed by atoms with van der Waals surface area (Å²) in [6.07, 6.45) is 0. The van der Waals surface area contributed by atoms with Gasteiger partial charge in [0.25, 0.3) is 10.0 Å². The van der Waals surface area contributed by atoms with Gasteiger partial charge in [-0.15, -0.1) is 11.3 Å². The van der Waals surface area contributed by atoms with Crippen LogP contribution in [0.2, 0.25) is 9.36 Å². The van der Waals surface area contributed by atoms with E-state index in [1.54, 1.807) is 25.2 Å². The van der Waals surface area contributed by atoms with Crippen LogP contribution in [-0.4, -0.2) is 31.7 Å². The number of amides is 2. The third-order valence-electron chi connectivity index (χ3n) is 4.58. The van der Waals surface area contributed by atoms with Gasteiger partial charge in [0.15, 0.2) is 0 Å². The minimum atomic E-state index is -4.07. The maximum Gasteiger partial charge on any atom is 0.333 e. The zero-order valence-electron chi connectivity index (χ0n) is 16.8. The van der Waals surface area contributed by atoms with Crippen LogP contribution in [0.3, 0.4) is 0 Å². The smallest absolute Gasteiger partial charge is 0.333 e. The number of halogens is 2. The number of nitrogens with one attached hydrogen (secondary N) is 4. The molecule has 4 N–H and O–H groups in total. The predicted molar refractivity (Wildman–Crippen MR) is 131 cm³/mol. The van der Waals surface area contributed by atoms with Crippen LogP contribution in [0.4, 0.5) is 16.2 Å². The first-order chi connectivity index (χ1) is 15.7. The van der Waals surface area contributed by atoms with Gasteiger partial charge in [0.2, 0.25) is 5.43 Å². The highest BCUT2D eigenvalue weighted by Crippen LogP contribution is 2.29. The molecule has 0 unspecified atom stereocenters. The first-order valence-electron chi connectivity index (χ1n) is 9.27. The SMILES string of the molecule is CNc1ccc2c(=O)c(-c3ccc(NC(=O)NS(=O)(=O)c4ccc(Cl)s4)cc3Cl)n[nH]c2c1. The van der Waals surface area contributed by atoms with E-state index < -0.39 is 16.1 Å². The molecule has 0 saturated heterocycles. The summed E-state index contributed by atoms with van der Waals surface area (Å²) in [6, 6.07) is 11.3. The number of hydrogen-bond donors (Lipinski definition) is 4. The molecular weight excluding hydrogens is 509 g/mol. The molecule has 170 valence electrons. The highest BCUT2D eigenvalue weighted by molar-refractivity contribution is 7.92. The van der Waals surface area contributed by atoms with Gasteiger partial charge < -0.3 is 10.6 Å². The first kappa shape index (κ1) is 23.1. The molecule has 0 bridgehead atoms. The molecule has 9 nitrogen and oxygen atoms in total. The topological polar surface area (TPSA) is 133 Å². The van der Waals surface area contributed by atoms with Crippen LogP contribution in [0, 0.1) is 0 Å². The Morgan fingerprint density at radius 1 is 1.06 bits per heavy atom. The van der Waals surface area contributed by atoms with Crippen molar-refractivity contribution in [2.75, 3.05) is 17.7 Å². The number of H-pyrrole nitrogens is 1. The highest BCUT2D eigenvalue weighted by Gasteiger charge is 2.20. The van der Waals surface area contributed by atoms with Crippen molar-refractivity contribution in [2.45, 2.75) is 4.21 Å². The van der Waals surface area contributed by atoms with Gasteiger partial charge in [-0.25, -0.2) is 17.9 Å². The second-order valence-corrected chi connectivity index (χ2v) is 10.8. The maximum atomic E-state index is 12.9. The Morgan fingerprint density at radius 3 is 2.48 bits per heavy atom. The molecule has 4 aromatic rings. The van der Waals surface area contributed by atoms with E-state index in [1.807, 2.05) is 4.72 Å². The van der Waals surface area contributed by atoms with E-state index >= 15 is 0 Å².